The quantitative estimate of drug-likeness (QED) is 0.0661. The van der Waals surface area contributed by atoms with Crippen LogP contribution in [0, 0.1) is 28.6 Å². The van der Waals surface area contributed by atoms with Crippen molar-refractivity contribution >= 4 is 80.4 Å². The molecule has 12 atom stereocenters. The van der Waals surface area contributed by atoms with Crippen LogP contribution in [-0.4, -0.2) is 191 Å². The third kappa shape index (κ3) is 19.7. The minimum absolute atomic E-state index is 0.00000490. The topological polar surface area (TPSA) is 358 Å². The normalized spacial score (nSPS) is 23.3. The number of aryl methyl sites for hydroxylation is 2. The molecule has 7 N–H and O–H groups in total. The highest BCUT2D eigenvalue weighted by Crippen LogP contribution is 2.36. The predicted octanol–water partition coefficient (Wildman–Crippen LogP) is 5.57. The Labute approximate surface area is 594 Å². The van der Waals surface area contributed by atoms with Gasteiger partial charge in [-0.25, -0.2) is 0 Å². The molecule has 27 heteroatoms. The van der Waals surface area contributed by atoms with E-state index in [0.29, 0.717) is 22.5 Å². The van der Waals surface area contributed by atoms with Crippen LogP contribution in [0.25, 0.3) is 21.5 Å². The molecule has 4 aromatic carbocycles. The molecule has 0 saturated carbocycles. The Hall–Kier alpha value is -9.18. The predicted molar refractivity (Wildman–Crippen MR) is 378 cm³/mol. The summed E-state index contributed by atoms with van der Waals surface area (Å²) in [6.07, 6.45) is 0.751. The number of Topliss-reactive ketones (excluding diaryl/α,β-unsaturated/α-hetero) is 3. The molecule has 2 saturated heterocycles. The van der Waals surface area contributed by atoms with Crippen molar-refractivity contribution in [3.63, 3.8) is 0 Å². The van der Waals surface area contributed by atoms with E-state index in [1.165, 1.54) is 19.2 Å². The molecule has 4 bridgehead atoms. The van der Waals surface area contributed by atoms with E-state index >= 15 is 19.2 Å². The van der Waals surface area contributed by atoms with Crippen molar-refractivity contribution in [2.24, 2.45) is 28.6 Å². The smallest absolute Gasteiger partial charge is 0.306 e. The van der Waals surface area contributed by atoms with Crippen LogP contribution in [0.5, 0.6) is 0 Å². The van der Waals surface area contributed by atoms with Crippen LogP contribution in [0.15, 0.2) is 97.3 Å². The maximum Gasteiger partial charge on any atom is 0.306 e. The summed E-state index contributed by atoms with van der Waals surface area (Å²) in [6, 6.07) is 18.8. The first-order valence-electron chi connectivity index (χ1n) is 35.4. The average Bonchev–Trinajstić information content (AvgIpc) is 1.61. The second kappa shape index (κ2) is 34.2. The summed E-state index contributed by atoms with van der Waals surface area (Å²) in [5.41, 5.74) is 0.362. The number of carbonyl (C=O) groups is 10. The molecule has 5 heterocycles. The summed E-state index contributed by atoms with van der Waals surface area (Å²) >= 11 is 0. The highest BCUT2D eigenvalue weighted by molar-refractivity contribution is 5.99. The van der Waals surface area contributed by atoms with Crippen molar-refractivity contribution in [3.8, 4) is 0 Å². The number of carboxylic acids is 2. The molecule has 9 rings (SSSR count). The van der Waals surface area contributed by atoms with E-state index in [4.69, 9.17) is 9.47 Å². The van der Waals surface area contributed by atoms with Crippen LogP contribution < -0.4 is 26.6 Å². The fourth-order valence-electron chi connectivity index (χ4n) is 13.7. The molecule has 0 unspecified atom stereocenters. The molecule has 548 valence electrons. The Morgan fingerprint density at radius 2 is 1.00 bits per heavy atom. The SMILES string of the molecule is CN[C@@H](C)C(=O)C[C@H](C(=O)N1CC[C@H]2OCc3cn(nn3)CCC[C@H](C(=O)O)CC(=O)[C@H](Cc3ccc4ccccc4c3)NC(=O)[C@@H]3[C@@H](CCN3C(=O)[C@@H](NC(=O)[C@H](C)NC)C(C)(C)C)OCc3cn(nn3)CCC[C@H](C(=O)O)CC(=O)[C@H](Cc3ccc4ccccc4c3)NC(=O)[C@H]21)C(C)(C)C. The fraction of sp³-hybridized carbons (Fsp3) is 0.547. The van der Waals surface area contributed by atoms with Crippen LogP contribution in [0.2, 0.25) is 0 Å². The number of aliphatic carboxylic acids is 2. The fourth-order valence-corrected chi connectivity index (χ4v) is 13.7. The molecule has 3 aliphatic rings. The van der Waals surface area contributed by atoms with Crippen molar-refractivity contribution < 1.29 is 67.6 Å². The monoisotopic (exact) mass is 1410 g/mol. The minimum Gasteiger partial charge on any atom is -0.481 e. The van der Waals surface area contributed by atoms with E-state index in [2.05, 4.69) is 47.2 Å². The Bertz CT molecular complexity index is 3750. The number of ether oxygens (including phenoxy) is 2. The maximum absolute atomic E-state index is 15.4. The molecule has 0 radical (unpaired) electrons. The van der Waals surface area contributed by atoms with Crippen LogP contribution in [0.3, 0.4) is 0 Å². The molecule has 3 aliphatic heterocycles. The second-order valence-corrected chi connectivity index (χ2v) is 29.7. The van der Waals surface area contributed by atoms with E-state index in [9.17, 15) is 39.0 Å². The first kappa shape index (κ1) is 77.0. The Morgan fingerprint density at radius 1 is 0.569 bits per heavy atom. The molecule has 0 aliphatic carbocycles. The zero-order valence-corrected chi connectivity index (χ0v) is 60.1. The number of hydrogen-bond donors (Lipinski definition) is 7. The number of hydrogen-bond acceptors (Lipinski definition) is 18. The van der Waals surface area contributed by atoms with Gasteiger partial charge in [0.1, 0.15) is 35.3 Å². The maximum atomic E-state index is 15.4. The van der Waals surface area contributed by atoms with Crippen LogP contribution in [-0.2, 0) is 96.6 Å². The van der Waals surface area contributed by atoms with E-state index < -0.39 is 149 Å². The highest BCUT2D eigenvalue weighted by atomic mass is 16.5. The number of ketones is 3. The Morgan fingerprint density at radius 3 is 1.41 bits per heavy atom. The second-order valence-electron chi connectivity index (χ2n) is 29.7. The number of nitrogens with one attached hydrogen (secondary N) is 5. The third-order valence-electron chi connectivity index (χ3n) is 20.1. The number of carbonyl (C=O) groups excluding carboxylic acids is 8. The first-order valence-corrected chi connectivity index (χ1v) is 35.4. The summed E-state index contributed by atoms with van der Waals surface area (Å²) in [5, 5.41) is 57.0. The zero-order chi connectivity index (χ0) is 73.7. The highest BCUT2D eigenvalue weighted by Gasteiger charge is 2.50. The summed E-state index contributed by atoms with van der Waals surface area (Å²) < 4.78 is 16.0. The van der Waals surface area contributed by atoms with Gasteiger partial charge in [0.15, 0.2) is 11.6 Å². The molecule has 0 spiro atoms. The number of likely N-dealkylation sites (N-methyl/N-ethyl adjacent to an activating group) is 2. The lowest BCUT2D eigenvalue weighted by Crippen LogP contribution is -2.61. The molecule has 27 nitrogen and oxygen atoms in total. The van der Waals surface area contributed by atoms with Gasteiger partial charge in [-0.3, -0.25) is 57.3 Å². The number of likely N-dealkylation sites (tertiary alicyclic amines) is 2. The molecular weight excluding hydrogens is 1310 g/mol. The van der Waals surface area contributed by atoms with Gasteiger partial charge in [-0.1, -0.05) is 137 Å². The lowest BCUT2D eigenvalue weighted by Gasteiger charge is -2.37. The van der Waals surface area contributed by atoms with Gasteiger partial charge < -0.3 is 56.1 Å². The van der Waals surface area contributed by atoms with Gasteiger partial charge in [0.2, 0.25) is 29.5 Å². The number of fused-ring (bicyclic) bond motifs is 8. The van der Waals surface area contributed by atoms with Crippen molar-refractivity contribution in [1.29, 1.82) is 0 Å². The van der Waals surface area contributed by atoms with Gasteiger partial charge in [-0.15, -0.1) is 10.2 Å². The van der Waals surface area contributed by atoms with Crippen molar-refractivity contribution in [2.75, 3.05) is 27.2 Å². The molecule has 5 amide bonds. The molecule has 6 aromatic rings. The minimum atomic E-state index is -1.37. The standard InChI is InChI=1S/C75H99N13O14/c1-44(76-9)59(89)39-56(74(3,4)5)70(95)87-31-27-62-64(87)68(93)78-57(35-46-23-25-48-17-11-13-19-50(48)33-46)60(90)37-52(72(97)98)21-15-30-86-41-55(82-84-86)43-102-63-28-32-88(71(96)66(75(6,7)8)80-67(92)45(2)77-10)65(63)69(94)79-58(36-47-24-26-49-18-12-14-20-51(49)34-47)61(91)38-53(73(99)100)22-16-29-85-40-54(42-101-62)81-83-85/h11-14,17-20,23-26,33-34,40-41,44-45,52-53,56-58,62-66,76-77H,15-16,21-22,27-32,35-39,42-43H2,1-10H3,(H,78,93)(H,79,94)(H,80,92)(H,97,98)(H,99,100)/t44-,45-,52-,53-,56+,57-,58-,62+,63+,64-,65-,66+/m0/s1. The number of nitrogens with zero attached hydrogens (tertiary/aromatic N) is 8. The average molecular weight is 1410 g/mol. The lowest BCUT2D eigenvalue weighted by molar-refractivity contribution is -0.149. The van der Waals surface area contributed by atoms with Gasteiger partial charge in [0.05, 0.1) is 73.8 Å². The summed E-state index contributed by atoms with van der Waals surface area (Å²) in [5.74, 6) is -10.1. The van der Waals surface area contributed by atoms with Gasteiger partial charge in [0, 0.05) is 51.4 Å². The first-order chi connectivity index (χ1) is 48.5. The molecule has 2 aromatic heterocycles. The van der Waals surface area contributed by atoms with E-state index in [0.717, 1.165) is 21.5 Å². The Kier molecular flexibility index (Phi) is 25.8. The van der Waals surface area contributed by atoms with Crippen molar-refractivity contribution in [1.82, 2.24) is 66.4 Å². The van der Waals surface area contributed by atoms with Gasteiger partial charge in [-0.2, -0.15) is 0 Å². The van der Waals surface area contributed by atoms with Crippen LogP contribution >= 0.6 is 0 Å². The van der Waals surface area contributed by atoms with Gasteiger partial charge in [0.25, 0.3) is 0 Å². The third-order valence-corrected chi connectivity index (χ3v) is 20.1. The van der Waals surface area contributed by atoms with Gasteiger partial charge >= 0.3 is 11.9 Å². The van der Waals surface area contributed by atoms with E-state index in [1.54, 1.807) is 61.1 Å². The largest absolute Gasteiger partial charge is 0.481 e. The summed E-state index contributed by atoms with van der Waals surface area (Å²) in [7, 11) is 3.27. The lowest BCUT2D eigenvalue weighted by atomic mass is 9.76. The number of amides is 5. The summed E-state index contributed by atoms with van der Waals surface area (Å²) in [6.45, 7) is 14.2. The number of carboxylic acid groups (broad SMARTS) is 2. The van der Waals surface area contributed by atoms with Gasteiger partial charge in [-0.05, 0) is 123 Å². The molecule has 102 heavy (non-hydrogen) atoms. The van der Waals surface area contributed by atoms with E-state index in [1.807, 2.05) is 106 Å². The molecule has 2 fully saturated rings. The van der Waals surface area contributed by atoms with E-state index in [-0.39, 0.29) is 103 Å². The summed E-state index contributed by atoms with van der Waals surface area (Å²) in [4.78, 5) is 147. The van der Waals surface area contributed by atoms with Crippen LogP contribution in [0.1, 0.15) is 136 Å². The zero-order valence-electron chi connectivity index (χ0n) is 60.1. The Balaban J connectivity index is 1.04. The number of aromatic nitrogens is 6. The van der Waals surface area contributed by atoms with Crippen molar-refractivity contribution in [2.45, 2.75) is 207 Å². The van der Waals surface area contributed by atoms with Crippen LogP contribution in [0.4, 0.5) is 0 Å². The molecular formula is C75H99N13O14. The van der Waals surface area contributed by atoms with Crippen molar-refractivity contribution in [3.05, 3.63) is 120 Å². The number of benzene rings is 4. The number of rotatable bonds is 15.